The van der Waals surface area contributed by atoms with Crippen LogP contribution in [0.5, 0.6) is 0 Å². The van der Waals surface area contributed by atoms with E-state index in [0.717, 1.165) is 83.5 Å². The van der Waals surface area contributed by atoms with Crippen molar-refractivity contribution in [3.63, 3.8) is 0 Å². The fourth-order valence-electron chi connectivity index (χ4n) is 10.7. The Morgan fingerprint density at radius 1 is 0.260 bits per heavy atom. The number of unbranched alkanes of at least 4 members (excludes halogenated alkanes) is 50. The summed E-state index contributed by atoms with van der Waals surface area (Å²) < 4.78 is 17.0. The van der Waals surface area contributed by atoms with Gasteiger partial charge in [-0.1, -0.05) is 353 Å². The highest BCUT2D eigenvalue weighted by Gasteiger charge is 2.19. The van der Waals surface area contributed by atoms with E-state index in [1.54, 1.807) is 0 Å². The van der Waals surface area contributed by atoms with Crippen molar-refractivity contribution in [1.29, 1.82) is 0 Å². The third-order valence-electron chi connectivity index (χ3n) is 15.9. The van der Waals surface area contributed by atoms with Crippen molar-refractivity contribution >= 4 is 17.9 Å². The molecular formula is C71H134O6. The maximum atomic E-state index is 12.9. The molecule has 77 heavy (non-hydrogen) atoms. The fourth-order valence-corrected chi connectivity index (χ4v) is 10.7. The van der Waals surface area contributed by atoms with Crippen LogP contribution in [-0.4, -0.2) is 37.2 Å². The van der Waals surface area contributed by atoms with E-state index in [2.05, 4.69) is 45.1 Å². The maximum Gasteiger partial charge on any atom is 0.306 e. The number of esters is 3. The van der Waals surface area contributed by atoms with E-state index in [1.807, 2.05) is 0 Å². The molecule has 6 nitrogen and oxygen atoms in total. The lowest BCUT2D eigenvalue weighted by atomic mass is 10.0. The number of hydrogen-bond donors (Lipinski definition) is 0. The molecule has 0 aromatic carbocycles. The predicted molar refractivity (Wildman–Crippen MR) is 335 cm³/mol. The van der Waals surface area contributed by atoms with Gasteiger partial charge in [0, 0.05) is 19.3 Å². The van der Waals surface area contributed by atoms with Crippen LogP contribution < -0.4 is 0 Å². The summed E-state index contributed by atoms with van der Waals surface area (Å²) in [5.41, 5.74) is 0. The number of ether oxygens (including phenoxy) is 3. The van der Waals surface area contributed by atoms with Crippen molar-refractivity contribution in [2.24, 2.45) is 0 Å². The average Bonchev–Trinajstić information content (AvgIpc) is 3.43. The Morgan fingerprint density at radius 3 is 0.766 bits per heavy atom. The molecule has 0 aromatic rings. The Bertz CT molecular complexity index is 1240. The van der Waals surface area contributed by atoms with Gasteiger partial charge in [-0.25, -0.2) is 0 Å². The zero-order valence-electron chi connectivity index (χ0n) is 52.3. The molecule has 0 saturated heterocycles. The second kappa shape index (κ2) is 66.4. The van der Waals surface area contributed by atoms with Gasteiger partial charge in [0.2, 0.25) is 0 Å². The van der Waals surface area contributed by atoms with Gasteiger partial charge < -0.3 is 14.2 Å². The molecule has 0 radical (unpaired) electrons. The summed E-state index contributed by atoms with van der Waals surface area (Å²) in [5.74, 6) is -0.854. The van der Waals surface area contributed by atoms with Crippen LogP contribution in [-0.2, 0) is 28.6 Å². The monoisotopic (exact) mass is 1080 g/mol. The van der Waals surface area contributed by atoms with Crippen molar-refractivity contribution in [1.82, 2.24) is 0 Å². The minimum atomic E-state index is -0.773. The summed E-state index contributed by atoms with van der Waals surface area (Å²) in [6.07, 6.45) is 80.7. The van der Waals surface area contributed by atoms with Crippen molar-refractivity contribution in [3.05, 3.63) is 24.3 Å². The van der Waals surface area contributed by atoms with E-state index >= 15 is 0 Å². The predicted octanol–water partition coefficient (Wildman–Crippen LogP) is 23.8. The van der Waals surface area contributed by atoms with Gasteiger partial charge in [-0.05, 0) is 44.9 Å². The Kier molecular flexibility index (Phi) is 64.6. The minimum Gasteiger partial charge on any atom is -0.462 e. The summed E-state index contributed by atoms with van der Waals surface area (Å²) in [6.45, 7) is 6.65. The van der Waals surface area contributed by atoms with Crippen molar-refractivity contribution < 1.29 is 28.6 Å². The van der Waals surface area contributed by atoms with E-state index < -0.39 is 6.10 Å². The standard InChI is InChI=1S/C71H134O6/c1-4-7-10-13-16-19-22-25-27-29-31-32-33-34-35-36-37-38-39-40-42-43-46-49-52-55-58-61-64-70(73)76-67-68(66-75-69(72)63-60-57-54-51-48-45-24-21-18-15-12-9-6-3)77-71(74)65-62-59-56-53-50-47-44-41-30-28-26-23-20-17-14-11-8-5-2/h12,15,21,24,68H,4-11,13-14,16-20,22-23,25-67H2,1-3H3/b15-12-,24-21-. The molecule has 0 saturated carbocycles. The normalized spacial score (nSPS) is 12.1. The lowest BCUT2D eigenvalue weighted by Crippen LogP contribution is -2.30. The molecule has 0 rings (SSSR count). The summed E-state index contributed by atoms with van der Waals surface area (Å²) in [6, 6.07) is 0. The molecule has 1 atom stereocenters. The number of rotatable bonds is 65. The number of carbonyl (C=O) groups is 3. The first-order valence-corrected chi connectivity index (χ1v) is 34.8. The summed E-state index contributed by atoms with van der Waals surface area (Å²) >= 11 is 0. The molecule has 0 bridgehead atoms. The summed E-state index contributed by atoms with van der Waals surface area (Å²) in [4.78, 5) is 38.3. The first-order chi connectivity index (χ1) is 38.0. The zero-order valence-corrected chi connectivity index (χ0v) is 52.3. The van der Waals surface area contributed by atoms with Crippen LogP contribution in [0.25, 0.3) is 0 Å². The van der Waals surface area contributed by atoms with Crippen LogP contribution in [0.1, 0.15) is 393 Å². The summed E-state index contributed by atoms with van der Waals surface area (Å²) in [5, 5.41) is 0. The van der Waals surface area contributed by atoms with Gasteiger partial charge in [-0.3, -0.25) is 14.4 Å². The van der Waals surface area contributed by atoms with Gasteiger partial charge in [-0.15, -0.1) is 0 Å². The van der Waals surface area contributed by atoms with Gasteiger partial charge in [0.15, 0.2) is 6.10 Å². The first-order valence-electron chi connectivity index (χ1n) is 34.8. The lowest BCUT2D eigenvalue weighted by Gasteiger charge is -2.18. The lowest BCUT2D eigenvalue weighted by molar-refractivity contribution is -0.167. The molecule has 0 heterocycles. The second-order valence-corrected chi connectivity index (χ2v) is 23.8. The summed E-state index contributed by atoms with van der Waals surface area (Å²) in [7, 11) is 0. The molecule has 0 N–H and O–H groups in total. The van der Waals surface area contributed by atoms with Crippen molar-refractivity contribution in [2.75, 3.05) is 13.2 Å². The highest BCUT2D eigenvalue weighted by Crippen LogP contribution is 2.19. The van der Waals surface area contributed by atoms with Crippen LogP contribution in [0.4, 0.5) is 0 Å². The van der Waals surface area contributed by atoms with E-state index in [-0.39, 0.29) is 31.1 Å². The van der Waals surface area contributed by atoms with E-state index in [1.165, 1.54) is 270 Å². The molecule has 6 heteroatoms. The third-order valence-corrected chi connectivity index (χ3v) is 15.9. The zero-order chi connectivity index (χ0) is 55.7. The quantitative estimate of drug-likeness (QED) is 0.0261. The Morgan fingerprint density at radius 2 is 0.494 bits per heavy atom. The molecule has 0 aliphatic carbocycles. The van der Waals surface area contributed by atoms with E-state index in [0.29, 0.717) is 19.3 Å². The van der Waals surface area contributed by atoms with Crippen molar-refractivity contribution in [2.45, 2.75) is 399 Å². The Balaban J connectivity index is 4.16. The van der Waals surface area contributed by atoms with E-state index in [4.69, 9.17) is 14.2 Å². The smallest absolute Gasteiger partial charge is 0.306 e. The fraction of sp³-hybridized carbons (Fsp3) is 0.901. The number of hydrogen-bond acceptors (Lipinski definition) is 6. The molecule has 0 spiro atoms. The molecule has 1 unspecified atom stereocenters. The largest absolute Gasteiger partial charge is 0.462 e. The van der Waals surface area contributed by atoms with Crippen LogP contribution >= 0.6 is 0 Å². The third kappa shape index (κ3) is 64.6. The van der Waals surface area contributed by atoms with Gasteiger partial charge in [-0.2, -0.15) is 0 Å². The Hall–Kier alpha value is -2.11. The Labute approximate surface area is 481 Å². The SMILES string of the molecule is CCC/C=C\C/C=C\CCCCCCCC(=O)OCC(COC(=O)CCCCCCCCCCCCCCCCCCCCCCCCCCCCCC)OC(=O)CCCCCCCCCCCCCCCCCCCC. The van der Waals surface area contributed by atoms with Gasteiger partial charge >= 0.3 is 17.9 Å². The van der Waals surface area contributed by atoms with Gasteiger partial charge in [0.25, 0.3) is 0 Å². The number of allylic oxidation sites excluding steroid dienone is 4. The molecule has 0 fully saturated rings. The molecular weight excluding hydrogens is 949 g/mol. The average molecular weight is 1080 g/mol. The molecule has 0 amide bonds. The number of carbonyl (C=O) groups excluding carboxylic acids is 3. The van der Waals surface area contributed by atoms with Crippen LogP contribution in [0.15, 0.2) is 24.3 Å². The molecule has 0 aliphatic heterocycles. The van der Waals surface area contributed by atoms with Crippen LogP contribution in [0.3, 0.4) is 0 Å². The van der Waals surface area contributed by atoms with E-state index in [9.17, 15) is 14.4 Å². The molecule has 0 aromatic heterocycles. The van der Waals surface area contributed by atoms with Crippen molar-refractivity contribution in [3.8, 4) is 0 Å². The van der Waals surface area contributed by atoms with Crippen LogP contribution in [0, 0.1) is 0 Å². The second-order valence-electron chi connectivity index (χ2n) is 23.8. The maximum absolute atomic E-state index is 12.9. The first kappa shape index (κ1) is 74.9. The van der Waals surface area contributed by atoms with Gasteiger partial charge in [0.1, 0.15) is 13.2 Å². The molecule has 454 valence electrons. The van der Waals surface area contributed by atoms with Gasteiger partial charge in [0.05, 0.1) is 0 Å². The minimum absolute atomic E-state index is 0.0695. The topological polar surface area (TPSA) is 78.9 Å². The molecule has 0 aliphatic rings. The van der Waals surface area contributed by atoms with Crippen LogP contribution in [0.2, 0.25) is 0 Å². The highest BCUT2D eigenvalue weighted by molar-refractivity contribution is 5.71. The highest BCUT2D eigenvalue weighted by atomic mass is 16.6.